The van der Waals surface area contributed by atoms with Crippen LogP contribution in [0.15, 0.2) is 140 Å². The molecule has 0 fully saturated rings. The largest absolute Gasteiger partial charge is 0.297 e. The molecule has 8 aromatic carbocycles. The maximum atomic E-state index is 2.74. The van der Waals surface area contributed by atoms with E-state index < -0.39 is 0 Å². The second kappa shape index (κ2) is 11.5. The summed E-state index contributed by atoms with van der Waals surface area (Å²) in [7, 11) is 0. The van der Waals surface area contributed by atoms with Gasteiger partial charge in [0.25, 0.3) is 6.71 Å². The minimum absolute atomic E-state index is 0.0507. The molecule has 0 saturated heterocycles. The fourth-order valence-corrected chi connectivity index (χ4v) is 14.9. The van der Waals surface area contributed by atoms with Gasteiger partial charge >= 0.3 is 0 Å². The third-order valence-corrected chi connectivity index (χ3v) is 17.0. The topological polar surface area (TPSA) is 18.7 Å². The first-order valence-electron chi connectivity index (χ1n) is 24.2. The van der Waals surface area contributed by atoms with Gasteiger partial charge in [-0.15, -0.1) is 0 Å². The molecule has 6 heterocycles. The number of benzene rings is 8. The number of aromatic nitrogens is 4. The summed E-state index contributed by atoms with van der Waals surface area (Å²) >= 11 is 0. The molecule has 4 aliphatic rings. The molecule has 4 aromatic heterocycles. The highest BCUT2D eigenvalue weighted by Gasteiger charge is 2.54. The van der Waals surface area contributed by atoms with Gasteiger partial charge in [0, 0.05) is 44.7 Å². The Kier molecular flexibility index (Phi) is 6.32. The minimum atomic E-state index is -0.290. The van der Waals surface area contributed by atoms with E-state index in [9.17, 15) is 0 Å². The van der Waals surface area contributed by atoms with E-state index in [2.05, 4.69) is 213 Å². The van der Waals surface area contributed by atoms with Crippen LogP contribution in [-0.4, -0.2) is 24.6 Å². The first-order valence-corrected chi connectivity index (χ1v) is 24.2. The van der Waals surface area contributed by atoms with Crippen LogP contribution in [0.3, 0.4) is 0 Å². The van der Waals surface area contributed by atoms with Gasteiger partial charge < -0.3 is 0 Å². The van der Waals surface area contributed by atoms with E-state index in [0.29, 0.717) is 0 Å². The van der Waals surface area contributed by atoms with Gasteiger partial charge in [-0.25, -0.2) is 0 Å². The number of imidazole rings is 2. The standard InChI is InChI=1S/C62H47BN4/c1-32-26-34(3)55-46(28-32)66-57-48(42-24-22-37-18-12-14-20-40(37)50(42)61(57,5)6)53-59(66)64(55)44-30-39(36-16-10-9-11-17-36)31-45-52(44)63(53)54-49-43-25-23-38-19-13-15-21-41(38)51(43)62(7,8)58(49)67-47-29-33(2)27-35(4)56(47)65(45)60(54)67/h9-31H,1-8H3. The van der Waals surface area contributed by atoms with Crippen LogP contribution in [0.5, 0.6) is 0 Å². The van der Waals surface area contributed by atoms with Crippen LogP contribution in [-0.2, 0) is 10.8 Å². The molecule has 0 atom stereocenters. The molecule has 0 N–H and O–H groups in total. The van der Waals surface area contributed by atoms with Gasteiger partial charge in [-0.1, -0.05) is 143 Å². The Balaban J connectivity index is 1.19. The summed E-state index contributed by atoms with van der Waals surface area (Å²) in [6.45, 7) is 19.2. The molecular weight excluding hydrogens is 812 g/mol. The Morgan fingerprint density at radius 3 is 1.36 bits per heavy atom. The molecule has 4 nitrogen and oxygen atoms in total. The van der Waals surface area contributed by atoms with Crippen molar-refractivity contribution in [2.24, 2.45) is 0 Å². The van der Waals surface area contributed by atoms with E-state index in [4.69, 9.17) is 0 Å². The minimum Gasteiger partial charge on any atom is -0.297 e. The molecule has 318 valence electrons. The Bertz CT molecular complexity index is 4110. The maximum Gasteiger partial charge on any atom is 0.258 e. The fraction of sp³-hybridized carbons (Fsp3) is 0.161. The van der Waals surface area contributed by atoms with E-state index in [-0.39, 0.29) is 17.5 Å². The van der Waals surface area contributed by atoms with Crippen LogP contribution >= 0.6 is 0 Å². The molecule has 5 heteroatoms. The highest BCUT2D eigenvalue weighted by Crippen LogP contribution is 2.57. The molecule has 2 aliphatic heterocycles. The quantitative estimate of drug-likeness (QED) is 0.147. The van der Waals surface area contributed by atoms with Crippen molar-refractivity contribution in [2.45, 2.75) is 66.2 Å². The molecule has 0 unspecified atom stereocenters. The third-order valence-electron chi connectivity index (χ3n) is 17.0. The Morgan fingerprint density at radius 1 is 0.433 bits per heavy atom. The maximum absolute atomic E-state index is 2.74. The first kappa shape index (κ1) is 36.7. The molecule has 0 radical (unpaired) electrons. The smallest absolute Gasteiger partial charge is 0.258 e. The number of nitrogens with zero attached hydrogens (tertiary/aromatic N) is 4. The molecule has 16 rings (SSSR count). The average Bonchev–Trinajstić information content (AvgIpc) is 4.12. The predicted molar refractivity (Wildman–Crippen MR) is 281 cm³/mol. The van der Waals surface area contributed by atoms with Crippen LogP contribution < -0.4 is 16.4 Å². The number of hydrogen-bond acceptors (Lipinski definition) is 0. The zero-order valence-corrected chi connectivity index (χ0v) is 39.1. The van der Waals surface area contributed by atoms with E-state index in [1.54, 1.807) is 0 Å². The second-order valence-corrected chi connectivity index (χ2v) is 21.6. The SMILES string of the molecule is Cc1cc(C)c2c(c1)n1c3c(c4c1n2-c1cc(-c2ccccc2)cc2c1B4c1c4c(n5c6cc(C)cc(C)c6n-2c15)C(C)(C)c1c-4ccc2ccccc12)-c1ccc2ccccc2c1C3(C)C. The summed E-state index contributed by atoms with van der Waals surface area (Å²) in [6.07, 6.45) is 0. The molecule has 0 amide bonds. The average molecular weight is 859 g/mol. The van der Waals surface area contributed by atoms with Crippen molar-refractivity contribution in [3.63, 3.8) is 0 Å². The van der Waals surface area contributed by atoms with Crippen LogP contribution in [0.2, 0.25) is 0 Å². The summed E-state index contributed by atoms with van der Waals surface area (Å²) in [4.78, 5) is 0. The van der Waals surface area contributed by atoms with E-state index in [1.807, 2.05) is 0 Å². The first-order chi connectivity index (χ1) is 32.4. The van der Waals surface area contributed by atoms with Gasteiger partial charge in [0.05, 0.1) is 22.1 Å². The van der Waals surface area contributed by atoms with Crippen molar-refractivity contribution >= 4 is 78.0 Å². The highest BCUT2D eigenvalue weighted by molar-refractivity contribution is 7.01. The molecule has 0 bridgehead atoms. The zero-order valence-electron chi connectivity index (χ0n) is 39.1. The lowest BCUT2D eigenvalue weighted by Crippen LogP contribution is -2.59. The fourth-order valence-electron chi connectivity index (χ4n) is 14.9. The highest BCUT2D eigenvalue weighted by atomic mass is 15.2. The van der Waals surface area contributed by atoms with Crippen molar-refractivity contribution in [2.75, 3.05) is 0 Å². The second-order valence-electron chi connectivity index (χ2n) is 21.6. The molecule has 0 saturated carbocycles. The van der Waals surface area contributed by atoms with Gasteiger partial charge in [0.15, 0.2) is 0 Å². The molecule has 12 aromatic rings. The summed E-state index contributed by atoms with van der Waals surface area (Å²) in [6, 6.07) is 53.7. The number of hydrogen-bond donors (Lipinski definition) is 0. The Hall–Kier alpha value is -7.50. The van der Waals surface area contributed by atoms with Gasteiger partial charge in [-0.2, -0.15) is 0 Å². The lowest BCUT2D eigenvalue weighted by atomic mass is 9.33. The number of fused-ring (bicyclic) bond motifs is 24. The van der Waals surface area contributed by atoms with E-state index in [1.165, 1.54) is 161 Å². The van der Waals surface area contributed by atoms with Crippen LogP contribution in [0.4, 0.5) is 0 Å². The van der Waals surface area contributed by atoms with Crippen LogP contribution in [0.1, 0.15) is 72.5 Å². The third kappa shape index (κ3) is 3.99. The van der Waals surface area contributed by atoms with Crippen molar-refractivity contribution in [3.8, 4) is 44.8 Å². The Morgan fingerprint density at radius 2 is 0.881 bits per heavy atom. The summed E-state index contributed by atoms with van der Waals surface area (Å²) < 4.78 is 10.9. The van der Waals surface area contributed by atoms with Gasteiger partial charge in [-0.3, -0.25) is 17.9 Å². The van der Waals surface area contributed by atoms with Crippen LogP contribution in [0, 0.1) is 27.7 Å². The van der Waals surface area contributed by atoms with Gasteiger partial charge in [0.1, 0.15) is 11.3 Å². The molecule has 0 spiro atoms. The monoisotopic (exact) mass is 858 g/mol. The van der Waals surface area contributed by atoms with Gasteiger partial charge in [0.2, 0.25) is 0 Å². The summed E-state index contributed by atoms with van der Waals surface area (Å²) in [5, 5.41) is 5.31. The van der Waals surface area contributed by atoms with Crippen molar-refractivity contribution in [1.29, 1.82) is 0 Å². The number of rotatable bonds is 1. The molecule has 2 aliphatic carbocycles. The predicted octanol–water partition coefficient (Wildman–Crippen LogP) is 13.0. The zero-order chi connectivity index (χ0) is 44.9. The van der Waals surface area contributed by atoms with Crippen molar-refractivity contribution in [3.05, 3.63) is 184 Å². The lowest BCUT2D eigenvalue weighted by Gasteiger charge is -2.33. The van der Waals surface area contributed by atoms with Crippen LogP contribution in [0.25, 0.3) is 99.7 Å². The normalized spacial score (nSPS) is 15.4. The van der Waals surface area contributed by atoms with E-state index in [0.717, 1.165) is 0 Å². The molecule has 67 heavy (non-hydrogen) atoms. The summed E-state index contributed by atoms with van der Waals surface area (Å²) in [5.74, 6) is 0. The summed E-state index contributed by atoms with van der Waals surface area (Å²) in [5.41, 5.74) is 33.0. The Labute approximate surface area is 389 Å². The van der Waals surface area contributed by atoms with E-state index >= 15 is 0 Å². The van der Waals surface area contributed by atoms with Crippen molar-refractivity contribution in [1.82, 2.24) is 17.9 Å². The van der Waals surface area contributed by atoms with Crippen molar-refractivity contribution < 1.29 is 0 Å². The molecular formula is C62H47BN4. The lowest BCUT2D eigenvalue weighted by molar-refractivity contribution is 0.638. The van der Waals surface area contributed by atoms with Gasteiger partial charge in [-0.05, 0) is 146 Å². The number of aryl methyl sites for hydroxylation is 4.